The Labute approximate surface area is 249 Å². The third-order valence-electron chi connectivity index (χ3n) is 8.14. The molecule has 4 heteroatoms. The molecule has 0 radical (unpaired) electrons. The van der Waals surface area contributed by atoms with Gasteiger partial charge in [-0.25, -0.2) is 0 Å². The predicted molar refractivity (Wildman–Crippen MR) is 172 cm³/mol. The molecule has 0 amide bonds. The number of unbranched alkanes of at least 4 members (excludes halogenated alkanes) is 24. The first-order valence-electron chi connectivity index (χ1n) is 17.6. The van der Waals surface area contributed by atoms with Crippen molar-refractivity contribution in [2.24, 2.45) is 5.92 Å². The lowest BCUT2D eigenvalue weighted by Crippen LogP contribution is -2.19. The largest absolute Gasteiger partial charge is 0.481 e. The van der Waals surface area contributed by atoms with Crippen LogP contribution in [0.15, 0.2) is 12.2 Å². The zero-order valence-electron chi connectivity index (χ0n) is 26.9. The number of aliphatic carboxylic acids is 1. The van der Waals surface area contributed by atoms with Gasteiger partial charge in [-0.2, -0.15) is 0 Å². The second kappa shape index (κ2) is 32.2. The van der Waals surface area contributed by atoms with E-state index >= 15 is 0 Å². The van der Waals surface area contributed by atoms with Crippen LogP contribution in [0.5, 0.6) is 0 Å². The zero-order chi connectivity index (χ0) is 29.4. The van der Waals surface area contributed by atoms with Gasteiger partial charge in [0.1, 0.15) is 0 Å². The Bertz CT molecular complexity index is 571. The van der Waals surface area contributed by atoms with Crippen LogP contribution in [0.2, 0.25) is 0 Å². The van der Waals surface area contributed by atoms with E-state index in [2.05, 4.69) is 19.1 Å². The highest BCUT2D eigenvalue weighted by molar-refractivity contribution is 5.78. The molecule has 4 nitrogen and oxygen atoms in total. The minimum absolute atomic E-state index is 0.00759. The molecule has 0 saturated heterocycles. The molecule has 0 heterocycles. The number of carboxylic acids is 1. The summed E-state index contributed by atoms with van der Waals surface area (Å²) in [6.07, 6.45) is 39.7. The van der Waals surface area contributed by atoms with Gasteiger partial charge >= 0.3 is 11.9 Å². The van der Waals surface area contributed by atoms with Gasteiger partial charge in [0, 0.05) is 0 Å². The molecule has 236 valence electrons. The average molecular weight is 565 g/mol. The van der Waals surface area contributed by atoms with Gasteiger partial charge in [-0.1, -0.05) is 167 Å². The number of carboxylic acid groups (broad SMARTS) is 1. The molecule has 0 aromatic heterocycles. The normalized spacial score (nSPS) is 12.2. The summed E-state index contributed by atoms with van der Waals surface area (Å²) in [4.78, 5) is 23.1. The fourth-order valence-corrected chi connectivity index (χ4v) is 5.50. The minimum Gasteiger partial charge on any atom is -0.481 e. The lowest BCUT2D eigenvalue weighted by molar-refractivity contribution is -0.151. The lowest BCUT2D eigenvalue weighted by Gasteiger charge is -2.11. The summed E-state index contributed by atoms with van der Waals surface area (Å²) in [5.41, 5.74) is 0. The summed E-state index contributed by atoms with van der Waals surface area (Å²) < 4.78 is 5.03. The monoisotopic (exact) mass is 565 g/mol. The number of hydrogen-bond donors (Lipinski definition) is 1. The van der Waals surface area contributed by atoms with Crippen LogP contribution in [0, 0.1) is 5.92 Å². The quantitative estimate of drug-likeness (QED) is 0.0501. The first-order chi connectivity index (χ1) is 19.6. The molecule has 0 fully saturated rings. The summed E-state index contributed by atoms with van der Waals surface area (Å²) >= 11 is 0. The third kappa shape index (κ3) is 29.7. The first-order valence-corrected chi connectivity index (χ1v) is 17.6. The fourth-order valence-electron chi connectivity index (χ4n) is 5.50. The summed E-state index contributed by atoms with van der Waals surface area (Å²) in [6.45, 7) is 4.43. The Morgan fingerprint density at radius 3 is 1.27 bits per heavy atom. The molecule has 1 atom stereocenters. The van der Waals surface area contributed by atoms with E-state index in [1.54, 1.807) is 0 Å². The van der Waals surface area contributed by atoms with Gasteiger partial charge in [-0.05, 0) is 32.6 Å². The molecule has 0 saturated carbocycles. The summed E-state index contributed by atoms with van der Waals surface area (Å²) in [5.74, 6) is -1.85. The van der Waals surface area contributed by atoms with E-state index < -0.39 is 11.9 Å². The van der Waals surface area contributed by atoms with E-state index in [-0.39, 0.29) is 12.4 Å². The molecule has 0 rings (SSSR count). The number of allylic oxidation sites excluding steroid dienone is 2. The smallest absolute Gasteiger partial charge is 0.307 e. The SMILES string of the molecule is C/C=C/CCCCCCCCCCCCCCCCCCCCCCCCCCC(CC(=O)OCCC)C(=O)O. The van der Waals surface area contributed by atoms with Crippen molar-refractivity contribution in [2.75, 3.05) is 6.61 Å². The number of carbonyl (C=O) groups is 2. The highest BCUT2D eigenvalue weighted by Crippen LogP contribution is 2.18. The molecular formula is C36H68O4. The lowest BCUT2D eigenvalue weighted by atomic mass is 9.97. The highest BCUT2D eigenvalue weighted by atomic mass is 16.5. The molecule has 0 aliphatic carbocycles. The van der Waals surface area contributed by atoms with Crippen molar-refractivity contribution in [1.82, 2.24) is 0 Å². The zero-order valence-corrected chi connectivity index (χ0v) is 26.9. The number of esters is 1. The van der Waals surface area contributed by atoms with Crippen molar-refractivity contribution in [2.45, 2.75) is 194 Å². The van der Waals surface area contributed by atoms with Gasteiger partial charge < -0.3 is 9.84 Å². The predicted octanol–water partition coefficient (Wildman–Crippen LogP) is 11.7. The summed E-state index contributed by atoms with van der Waals surface area (Å²) in [7, 11) is 0. The van der Waals surface area contributed by atoms with Crippen LogP contribution in [0.1, 0.15) is 194 Å². The minimum atomic E-state index is -0.873. The first kappa shape index (κ1) is 38.7. The average Bonchev–Trinajstić information content (AvgIpc) is 2.94. The highest BCUT2D eigenvalue weighted by Gasteiger charge is 2.21. The van der Waals surface area contributed by atoms with E-state index in [9.17, 15) is 14.7 Å². The van der Waals surface area contributed by atoms with Crippen molar-refractivity contribution >= 4 is 11.9 Å². The number of rotatable bonds is 32. The second-order valence-corrected chi connectivity index (χ2v) is 12.1. The molecule has 40 heavy (non-hydrogen) atoms. The number of carbonyl (C=O) groups excluding carboxylic acids is 1. The Morgan fingerprint density at radius 2 is 0.950 bits per heavy atom. The second-order valence-electron chi connectivity index (χ2n) is 12.1. The summed E-state index contributed by atoms with van der Waals surface area (Å²) in [5, 5.41) is 9.34. The molecule has 0 bridgehead atoms. The molecule has 1 unspecified atom stereocenters. The van der Waals surface area contributed by atoms with Gasteiger partial charge in [-0.15, -0.1) is 0 Å². The van der Waals surface area contributed by atoms with Gasteiger partial charge in [0.2, 0.25) is 0 Å². The van der Waals surface area contributed by atoms with Crippen LogP contribution in [-0.4, -0.2) is 23.7 Å². The maximum Gasteiger partial charge on any atom is 0.307 e. The maximum atomic E-state index is 11.7. The fraction of sp³-hybridized carbons (Fsp3) is 0.889. The van der Waals surface area contributed by atoms with Crippen LogP contribution < -0.4 is 0 Å². The molecule has 0 aromatic rings. The van der Waals surface area contributed by atoms with E-state index in [0.29, 0.717) is 13.0 Å². The number of ether oxygens (including phenoxy) is 1. The molecular weight excluding hydrogens is 496 g/mol. The Morgan fingerprint density at radius 1 is 0.600 bits per heavy atom. The van der Waals surface area contributed by atoms with Crippen molar-refractivity contribution in [1.29, 1.82) is 0 Å². The molecule has 1 N–H and O–H groups in total. The van der Waals surface area contributed by atoms with Crippen LogP contribution in [-0.2, 0) is 14.3 Å². The van der Waals surface area contributed by atoms with Gasteiger partial charge in [-0.3, -0.25) is 9.59 Å². The molecule has 0 aliphatic rings. The van der Waals surface area contributed by atoms with Crippen LogP contribution in [0.25, 0.3) is 0 Å². The van der Waals surface area contributed by atoms with Crippen molar-refractivity contribution in [3.63, 3.8) is 0 Å². The van der Waals surface area contributed by atoms with E-state index in [1.165, 1.54) is 148 Å². The molecule has 0 aromatic carbocycles. The van der Waals surface area contributed by atoms with Gasteiger partial charge in [0.25, 0.3) is 0 Å². The Hall–Kier alpha value is -1.32. The number of hydrogen-bond acceptors (Lipinski definition) is 3. The van der Waals surface area contributed by atoms with Crippen LogP contribution >= 0.6 is 0 Å². The maximum absolute atomic E-state index is 11.7. The van der Waals surface area contributed by atoms with Gasteiger partial charge in [0.05, 0.1) is 18.9 Å². The molecule has 0 spiro atoms. The van der Waals surface area contributed by atoms with Crippen molar-refractivity contribution in [3.8, 4) is 0 Å². The standard InChI is InChI=1S/C36H68O4/c1-3-5-6-7-8-9-10-11-12-13-14-15-16-17-18-19-20-21-22-23-24-25-26-27-28-29-30-31-34(36(38)39)33-35(37)40-32-4-2/h3,5,34H,4,6-33H2,1-2H3,(H,38,39)/b5-3+. The van der Waals surface area contributed by atoms with Crippen LogP contribution in [0.4, 0.5) is 0 Å². The Balaban J connectivity index is 3.26. The van der Waals surface area contributed by atoms with Crippen molar-refractivity contribution in [3.05, 3.63) is 12.2 Å². The summed E-state index contributed by atoms with van der Waals surface area (Å²) in [6, 6.07) is 0. The molecule has 0 aliphatic heterocycles. The van der Waals surface area contributed by atoms with Crippen molar-refractivity contribution < 1.29 is 19.4 Å². The van der Waals surface area contributed by atoms with Gasteiger partial charge in [0.15, 0.2) is 0 Å². The van der Waals surface area contributed by atoms with Crippen LogP contribution in [0.3, 0.4) is 0 Å². The van der Waals surface area contributed by atoms with E-state index in [4.69, 9.17) is 4.74 Å². The van der Waals surface area contributed by atoms with E-state index in [1.807, 2.05) is 6.92 Å². The van der Waals surface area contributed by atoms with E-state index in [0.717, 1.165) is 19.3 Å². The third-order valence-corrected chi connectivity index (χ3v) is 8.14. The Kier molecular flexibility index (Phi) is 31.1. The topological polar surface area (TPSA) is 63.6 Å².